The van der Waals surface area contributed by atoms with E-state index in [9.17, 15) is 13.2 Å². The standard InChI is InChI=1S/C13H15N3O5S/c1-3-21-13(17)9-8-14-15-12(9)22(18,19)16-10-6-4-5-7-11(10)20-2/h4-8,16H,3H2,1-2H3,(H,14,15). The zero-order valence-corrected chi connectivity index (χ0v) is 12.8. The highest BCUT2D eigenvalue weighted by Crippen LogP contribution is 2.26. The van der Waals surface area contributed by atoms with Gasteiger partial charge >= 0.3 is 5.97 Å². The minimum absolute atomic E-state index is 0.128. The van der Waals surface area contributed by atoms with Gasteiger partial charge in [-0.05, 0) is 19.1 Å². The van der Waals surface area contributed by atoms with Crippen LogP contribution in [0.25, 0.3) is 0 Å². The molecule has 0 amide bonds. The number of H-pyrrole nitrogens is 1. The number of carbonyl (C=O) groups is 1. The van der Waals surface area contributed by atoms with Crippen molar-refractivity contribution in [1.82, 2.24) is 10.2 Å². The van der Waals surface area contributed by atoms with Gasteiger partial charge in [-0.1, -0.05) is 12.1 Å². The molecule has 2 N–H and O–H groups in total. The first-order valence-corrected chi connectivity index (χ1v) is 7.84. The Balaban J connectivity index is 2.36. The summed E-state index contributed by atoms with van der Waals surface area (Å²) in [6, 6.07) is 6.50. The number of sulfonamides is 1. The van der Waals surface area contributed by atoms with Gasteiger partial charge in [0.1, 0.15) is 11.3 Å². The number of esters is 1. The van der Waals surface area contributed by atoms with Crippen LogP contribution in [-0.2, 0) is 14.8 Å². The molecular weight excluding hydrogens is 310 g/mol. The minimum atomic E-state index is -4.05. The van der Waals surface area contributed by atoms with Crippen LogP contribution < -0.4 is 9.46 Å². The van der Waals surface area contributed by atoms with Gasteiger partial charge < -0.3 is 9.47 Å². The van der Waals surface area contributed by atoms with Gasteiger partial charge in [0.05, 0.1) is 25.6 Å². The summed E-state index contributed by atoms with van der Waals surface area (Å²) in [7, 11) is -2.62. The average molecular weight is 325 g/mol. The number of benzene rings is 1. The van der Waals surface area contributed by atoms with E-state index in [-0.39, 0.29) is 22.9 Å². The second-order valence-electron chi connectivity index (χ2n) is 4.14. The molecule has 2 aromatic rings. The molecule has 0 fully saturated rings. The highest BCUT2D eigenvalue weighted by Gasteiger charge is 2.26. The smallest absolute Gasteiger partial charge is 0.342 e. The van der Waals surface area contributed by atoms with E-state index < -0.39 is 16.0 Å². The fraction of sp³-hybridized carbons (Fsp3) is 0.231. The number of para-hydroxylation sites is 2. The van der Waals surface area contributed by atoms with Crippen LogP contribution in [0.5, 0.6) is 5.75 Å². The van der Waals surface area contributed by atoms with E-state index in [1.807, 2.05) is 0 Å². The number of carbonyl (C=O) groups excluding carboxylic acids is 1. The lowest BCUT2D eigenvalue weighted by Crippen LogP contribution is -2.18. The topological polar surface area (TPSA) is 110 Å². The number of hydrogen-bond donors (Lipinski definition) is 2. The number of methoxy groups -OCH3 is 1. The number of aromatic nitrogens is 2. The van der Waals surface area contributed by atoms with E-state index in [1.54, 1.807) is 25.1 Å². The molecule has 118 valence electrons. The van der Waals surface area contributed by atoms with Crippen LogP contribution in [0, 0.1) is 0 Å². The largest absolute Gasteiger partial charge is 0.495 e. The molecule has 0 aliphatic carbocycles. The maximum atomic E-state index is 12.4. The molecule has 0 atom stereocenters. The number of rotatable bonds is 6. The van der Waals surface area contributed by atoms with Crippen LogP contribution in [0.4, 0.5) is 5.69 Å². The molecule has 2 rings (SSSR count). The van der Waals surface area contributed by atoms with Gasteiger partial charge in [-0.2, -0.15) is 13.5 Å². The second-order valence-corrected chi connectivity index (χ2v) is 5.76. The number of aromatic amines is 1. The van der Waals surface area contributed by atoms with Gasteiger partial charge in [0.2, 0.25) is 0 Å². The summed E-state index contributed by atoms with van der Waals surface area (Å²) in [5.74, 6) is -0.417. The molecule has 9 heteroatoms. The SMILES string of the molecule is CCOC(=O)c1cn[nH]c1S(=O)(=O)Nc1ccccc1OC. The van der Waals surface area contributed by atoms with Crippen molar-refractivity contribution in [2.75, 3.05) is 18.4 Å². The monoisotopic (exact) mass is 325 g/mol. The number of ether oxygens (including phenoxy) is 2. The molecule has 0 saturated heterocycles. The van der Waals surface area contributed by atoms with Gasteiger partial charge in [-0.25, -0.2) is 4.79 Å². The molecule has 0 spiro atoms. The van der Waals surface area contributed by atoms with Crippen LogP contribution in [0.2, 0.25) is 0 Å². The summed E-state index contributed by atoms with van der Waals surface area (Å²) in [6.45, 7) is 1.75. The van der Waals surface area contributed by atoms with Crippen LogP contribution >= 0.6 is 0 Å². The summed E-state index contributed by atoms with van der Waals surface area (Å²) in [5, 5.41) is 5.54. The Hall–Kier alpha value is -2.55. The van der Waals surface area contributed by atoms with Crippen molar-refractivity contribution in [2.45, 2.75) is 11.9 Å². The molecule has 0 aliphatic rings. The van der Waals surface area contributed by atoms with Crippen molar-refractivity contribution in [3.05, 3.63) is 36.0 Å². The van der Waals surface area contributed by atoms with Crippen molar-refractivity contribution in [3.8, 4) is 5.75 Å². The Bertz CT molecular complexity index is 769. The Kier molecular flexibility index (Phi) is 4.66. The fourth-order valence-electron chi connectivity index (χ4n) is 1.76. The van der Waals surface area contributed by atoms with Crippen molar-refractivity contribution in [2.24, 2.45) is 0 Å². The van der Waals surface area contributed by atoms with E-state index in [4.69, 9.17) is 9.47 Å². The van der Waals surface area contributed by atoms with Crippen molar-refractivity contribution in [3.63, 3.8) is 0 Å². The summed E-state index contributed by atoms with van der Waals surface area (Å²) in [5.41, 5.74) is 0.0821. The third kappa shape index (κ3) is 3.19. The first kappa shape index (κ1) is 15.8. The van der Waals surface area contributed by atoms with Gasteiger partial charge in [-0.3, -0.25) is 9.82 Å². The summed E-state index contributed by atoms with van der Waals surface area (Å²) in [6.07, 6.45) is 1.11. The zero-order valence-electron chi connectivity index (χ0n) is 12.0. The maximum Gasteiger partial charge on any atom is 0.342 e. The van der Waals surface area contributed by atoms with Gasteiger partial charge in [-0.15, -0.1) is 0 Å². The molecule has 22 heavy (non-hydrogen) atoms. The summed E-state index contributed by atoms with van der Waals surface area (Å²) < 4.78 is 37.1. The van der Waals surface area contributed by atoms with Crippen molar-refractivity contribution in [1.29, 1.82) is 0 Å². The molecule has 1 heterocycles. The Morgan fingerprint density at radius 3 is 2.77 bits per heavy atom. The molecule has 0 unspecified atom stereocenters. The van der Waals surface area contributed by atoms with E-state index in [0.29, 0.717) is 5.75 Å². The molecular formula is C13H15N3O5S. The van der Waals surface area contributed by atoms with E-state index in [2.05, 4.69) is 14.9 Å². The maximum absolute atomic E-state index is 12.4. The lowest BCUT2D eigenvalue weighted by molar-refractivity contribution is 0.0522. The highest BCUT2D eigenvalue weighted by atomic mass is 32.2. The summed E-state index contributed by atoms with van der Waals surface area (Å²) in [4.78, 5) is 11.7. The van der Waals surface area contributed by atoms with Crippen LogP contribution in [0.1, 0.15) is 17.3 Å². The summed E-state index contributed by atoms with van der Waals surface area (Å²) >= 11 is 0. The molecule has 0 radical (unpaired) electrons. The van der Waals surface area contributed by atoms with Gasteiger partial charge in [0.15, 0.2) is 5.03 Å². The lowest BCUT2D eigenvalue weighted by Gasteiger charge is -2.11. The quantitative estimate of drug-likeness (QED) is 0.777. The molecule has 0 bridgehead atoms. The minimum Gasteiger partial charge on any atom is -0.495 e. The Labute approximate surface area is 127 Å². The predicted molar refractivity (Wildman–Crippen MR) is 78.3 cm³/mol. The lowest BCUT2D eigenvalue weighted by atomic mass is 10.3. The normalized spacial score (nSPS) is 11.0. The van der Waals surface area contributed by atoms with Crippen molar-refractivity contribution >= 4 is 21.7 Å². The average Bonchev–Trinajstić information content (AvgIpc) is 2.98. The zero-order chi connectivity index (χ0) is 16.2. The van der Waals surface area contributed by atoms with Crippen molar-refractivity contribution < 1.29 is 22.7 Å². The molecule has 0 saturated carbocycles. The molecule has 8 nitrogen and oxygen atoms in total. The molecule has 1 aromatic heterocycles. The molecule has 0 aliphatic heterocycles. The number of hydrogen-bond acceptors (Lipinski definition) is 6. The van der Waals surface area contributed by atoms with Gasteiger partial charge in [0.25, 0.3) is 10.0 Å². The first-order valence-electron chi connectivity index (χ1n) is 6.36. The second kappa shape index (κ2) is 6.48. The fourth-order valence-corrected chi connectivity index (χ4v) is 2.92. The van der Waals surface area contributed by atoms with Crippen LogP contribution in [0.15, 0.2) is 35.5 Å². The Morgan fingerprint density at radius 2 is 2.09 bits per heavy atom. The van der Waals surface area contributed by atoms with E-state index in [1.165, 1.54) is 13.2 Å². The number of nitrogens with one attached hydrogen (secondary N) is 2. The highest BCUT2D eigenvalue weighted by molar-refractivity contribution is 7.92. The van der Waals surface area contributed by atoms with Crippen LogP contribution in [0.3, 0.4) is 0 Å². The molecule has 1 aromatic carbocycles. The third-order valence-electron chi connectivity index (χ3n) is 2.72. The number of nitrogens with zero attached hydrogens (tertiary/aromatic N) is 1. The van der Waals surface area contributed by atoms with Gasteiger partial charge in [0, 0.05) is 0 Å². The predicted octanol–water partition coefficient (Wildman–Crippen LogP) is 1.40. The van der Waals surface area contributed by atoms with Crippen LogP contribution in [-0.4, -0.2) is 38.3 Å². The third-order valence-corrected chi connectivity index (χ3v) is 4.06. The first-order chi connectivity index (χ1) is 10.5. The Morgan fingerprint density at radius 1 is 1.36 bits per heavy atom. The van der Waals surface area contributed by atoms with E-state index >= 15 is 0 Å². The van der Waals surface area contributed by atoms with E-state index in [0.717, 1.165) is 6.20 Å². The number of anilines is 1.